The zero-order valence-electron chi connectivity index (χ0n) is 15.9. The number of H-pyrrole nitrogens is 1. The molecule has 1 aromatic heterocycles. The van der Waals surface area contributed by atoms with Crippen molar-refractivity contribution in [3.63, 3.8) is 0 Å². The number of halogens is 1. The maximum absolute atomic E-state index is 6.47. The SMILES string of the molecule is Cc1cc(C)cc(CC(=S)Cc2ccc(Cl)c(-c3nc4ccccc4[nH]3)c2)c1. The van der Waals surface area contributed by atoms with Crippen molar-refractivity contribution in [2.24, 2.45) is 0 Å². The fourth-order valence-electron chi connectivity index (χ4n) is 3.63. The minimum Gasteiger partial charge on any atom is -0.338 e. The molecule has 2 nitrogen and oxygen atoms in total. The van der Waals surface area contributed by atoms with Crippen LogP contribution >= 0.6 is 23.8 Å². The highest BCUT2D eigenvalue weighted by molar-refractivity contribution is 7.80. The van der Waals surface area contributed by atoms with E-state index in [9.17, 15) is 0 Å². The van der Waals surface area contributed by atoms with Crippen molar-refractivity contribution in [2.45, 2.75) is 26.7 Å². The summed E-state index contributed by atoms with van der Waals surface area (Å²) in [6.07, 6.45) is 1.55. The van der Waals surface area contributed by atoms with E-state index in [1.54, 1.807) is 0 Å². The normalized spacial score (nSPS) is 11.1. The van der Waals surface area contributed by atoms with Crippen molar-refractivity contribution in [3.8, 4) is 11.4 Å². The maximum atomic E-state index is 6.47. The maximum Gasteiger partial charge on any atom is 0.140 e. The third-order valence-corrected chi connectivity index (χ3v) is 5.38. The zero-order valence-corrected chi connectivity index (χ0v) is 17.5. The van der Waals surface area contributed by atoms with Gasteiger partial charge in [-0.3, -0.25) is 0 Å². The largest absolute Gasteiger partial charge is 0.338 e. The van der Waals surface area contributed by atoms with Crippen LogP contribution in [0, 0.1) is 13.8 Å². The smallest absolute Gasteiger partial charge is 0.140 e. The molecule has 0 radical (unpaired) electrons. The Morgan fingerprint density at radius 1 is 0.929 bits per heavy atom. The van der Waals surface area contributed by atoms with Crippen LogP contribution in [0.1, 0.15) is 22.3 Å². The van der Waals surface area contributed by atoms with Gasteiger partial charge in [-0.25, -0.2) is 4.98 Å². The molecule has 0 aliphatic heterocycles. The lowest BCUT2D eigenvalue weighted by atomic mass is 9.99. The molecule has 0 bridgehead atoms. The predicted molar refractivity (Wildman–Crippen MR) is 122 cm³/mol. The number of nitrogens with zero attached hydrogens (tertiary/aromatic N) is 1. The van der Waals surface area contributed by atoms with Crippen LogP contribution in [0.3, 0.4) is 0 Å². The second-order valence-corrected chi connectivity index (χ2v) is 8.29. The molecule has 28 heavy (non-hydrogen) atoms. The van der Waals surface area contributed by atoms with Gasteiger partial charge in [-0.1, -0.05) is 71.3 Å². The molecule has 4 aromatic rings. The predicted octanol–water partition coefficient (Wildman–Crippen LogP) is 6.66. The summed E-state index contributed by atoms with van der Waals surface area (Å²) < 4.78 is 0. The minimum absolute atomic E-state index is 0.683. The van der Waals surface area contributed by atoms with E-state index in [4.69, 9.17) is 23.8 Å². The molecule has 0 aliphatic carbocycles. The van der Waals surface area contributed by atoms with Gasteiger partial charge in [-0.2, -0.15) is 0 Å². The summed E-state index contributed by atoms with van der Waals surface area (Å²) in [5, 5.41) is 0.683. The van der Waals surface area contributed by atoms with Gasteiger partial charge in [0.25, 0.3) is 0 Å². The molecular formula is C24H21ClN2S. The number of aryl methyl sites for hydroxylation is 2. The molecule has 0 fully saturated rings. The van der Waals surface area contributed by atoms with E-state index < -0.39 is 0 Å². The summed E-state index contributed by atoms with van der Waals surface area (Å²) in [5.41, 5.74) is 7.81. The number of fused-ring (bicyclic) bond motifs is 1. The monoisotopic (exact) mass is 404 g/mol. The quantitative estimate of drug-likeness (QED) is 0.377. The van der Waals surface area contributed by atoms with Crippen molar-refractivity contribution >= 4 is 39.7 Å². The Morgan fingerprint density at radius 2 is 1.64 bits per heavy atom. The first-order valence-corrected chi connectivity index (χ1v) is 10.1. The minimum atomic E-state index is 0.683. The number of hydrogen-bond acceptors (Lipinski definition) is 2. The van der Waals surface area contributed by atoms with Gasteiger partial charge in [0.05, 0.1) is 16.1 Å². The summed E-state index contributed by atoms with van der Waals surface area (Å²) in [6, 6.07) is 20.7. The van der Waals surface area contributed by atoms with Crippen LogP contribution in [-0.2, 0) is 12.8 Å². The highest BCUT2D eigenvalue weighted by Gasteiger charge is 2.11. The molecular weight excluding hydrogens is 384 g/mol. The molecule has 0 saturated carbocycles. The topological polar surface area (TPSA) is 28.7 Å². The lowest BCUT2D eigenvalue weighted by Crippen LogP contribution is -2.05. The molecule has 0 saturated heterocycles. The third-order valence-electron chi connectivity index (χ3n) is 4.76. The van der Waals surface area contributed by atoms with Crippen LogP contribution in [0.4, 0.5) is 0 Å². The van der Waals surface area contributed by atoms with Crippen molar-refractivity contribution in [1.82, 2.24) is 9.97 Å². The second-order valence-electron chi connectivity index (χ2n) is 7.30. The summed E-state index contributed by atoms with van der Waals surface area (Å²) in [6.45, 7) is 4.25. The van der Waals surface area contributed by atoms with Crippen LogP contribution in [0.15, 0.2) is 60.7 Å². The van der Waals surface area contributed by atoms with E-state index in [0.717, 1.165) is 45.7 Å². The zero-order chi connectivity index (χ0) is 19.7. The van der Waals surface area contributed by atoms with Crippen LogP contribution in [-0.4, -0.2) is 14.8 Å². The van der Waals surface area contributed by atoms with Crippen molar-refractivity contribution in [1.29, 1.82) is 0 Å². The Kier molecular flexibility index (Phi) is 5.29. The van der Waals surface area contributed by atoms with Crippen LogP contribution in [0.25, 0.3) is 22.4 Å². The molecule has 0 unspecified atom stereocenters. The fourth-order valence-corrected chi connectivity index (χ4v) is 4.17. The molecule has 1 heterocycles. The molecule has 3 aromatic carbocycles. The third kappa shape index (κ3) is 4.16. The molecule has 0 aliphatic rings. The van der Waals surface area contributed by atoms with Crippen molar-refractivity contribution < 1.29 is 0 Å². The van der Waals surface area contributed by atoms with Gasteiger partial charge >= 0.3 is 0 Å². The van der Waals surface area contributed by atoms with Gasteiger partial charge in [0.1, 0.15) is 5.82 Å². The average molecular weight is 405 g/mol. The van der Waals surface area contributed by atoms with Gasteiger partial charge in [-0.05, 0) is 49.2 Å². The lowest BCUT2D eigenvalue weighted by molar-refractivity contribution is 1.22. The Morgan fingerprint density at radius 3 is 2.39 bits per heavy atom. The van der Waals surface area contributed by atoms with Crippen molar-refractivity contribution in [3.05, 3.63) is 87.9 Å². The molecule has 1 N–H and O–H groups in total. The van der Waals surface area contributed by atoms with Gasteiger partial charge in [0.2, 0.25) is 0 Å². The van der Waals surface area contributed by atoms with Gasteiger partial charge in [-0.15, -0.1) is 0 Å². The van der Waals surface area contributed by atoms with Crippen LogP contribution in [0.2, 0.25) is 5.02 Å². The van der Waals surface area contributed by atoms with Gasteiger partial charge < -0.3 is 4.98 Å². The Labute approximate surface area is 175 Å². The molecule has 4 heteroatoms. The van der Waals surface area contributed by atoms with Gasteiger partial charge in [0, 0.05) is 23.3 Å². The fraction of sp³-hybridized carbons (Fsp3) is 0.167. The highest BCUT2D eigenvalue weighted by Crippen LogP contribution is 2.29. The second kappa shape index (κ2) is 7.86. The number of rotatable bonds is 5. The van der Waals surface area contributed by atoms with E-state index in [-0.39, 0.29) is 0 Å². The van der Waals surface area contributed by atoms with Crippen molar-refractivity contribution in [2.75, 3.05) is 0 Å². The lowest BCUT2D eigenvalue weighted by Gasteiger charge is -2.09. The molecule has 0 spiro atoms. The highest BCUT2D eigenvalue weighted by atomic mass is 35.5. The molecule has 140 valence electrons. The number of aromatic amines is 1. The molecule has 0 atom stereocenters. The van der Waals surface area contributed by atoms with Crippen LogP contribution < -0.4 is 0 Å². The standard InChI is InChI=1S/C24H21ClN2S/c1-15-9-16(2)11-18(10-15)13-19(28)12-17-7-8-21(25)20(14-17)24-26-22-5-3-4-6-23(22)27-24/h3-11,14H,12-13H2,1-2H3,(H,26,27). The first-order chi connectivity index (χ1) is 13.5. The number of hydrogen-bond donors (Lipinski definition) is 1. The van der Waals surface area contributed by atoms with E-state index >= 15 is 0 Å². The number of thiocarbonyl (C=S) groups is 1. The van der Waals surface area contributed by atoms with Gasteiger partial charge in [0.15, 0.2) is 0 Å². The van der Waals surface area contributed by atoms with Crippen LogP contribution in [0.5, 0.6) is 0 Å². The first-order valence-electron chi connectivity index (χ1n) is 9.30. The van der Waals surface area contributed by atoms with E-state index in [1.807, 2.05) is 36.4 Å². The first kappa shape index (κ1) is 18.9. The Hall–Kier alpha value is -2.49. The van der Waals surface area contributed by atoms with E-state index in [2.05, 4.69) is 48.1 Å². The summed E-state index contributed by atoms with van der Waals surface area (Å²) in [7, 11) is 0. The number of aromatic nitrogens is 2. The summed E-state index contributed by atoms with van der Waals surface area (Å²) in [4.78, 5) is 9.05. The number of benzene rings is 3. The number of nitrogens with one attached hydrogen (secondary N) is 1. The molecule has 0 amide bonds. The molecule has 4 rings (SSSR count). The average Bonchev–Trinajstić information content (AvgIpc) is 3.06. The Bertz CT molecular complexity index is 1120. The van der Waals surface area contributed by atoms with E-state index in [1.165, 1.54) is 16.7 Å². The van der Waals surface area contributed by atoms with E-state index in [0.29, 0.717) is 5.02 Å². The Balaban J connectivity index is 1.57. The number of para-hydroxylation sites is 2. The number of imidazole rings is 1. The summed E-state index contributed by atoms with van der Waals surface area (Å²) >= 11 is 12.2. The summed E-state index contributed by atoms with van der Waals surface area (Å²) in [5.74, 6) is 0.785.